The molecule has 0 atom stereocenters. The summed E-state index contributed by atoms with van der Waals surface area (Å²) in [5, 5.41) is 8.99. The molecule has 0 saturated heterocycles. The SMILES string of the molecule is COc1ccc(-n2c(C)nnc2SCC(=O)Nn2cnc3ccccc32)cc1. The highest BCUT2D eigenvalue weighted by Crippen LogP contribution is 2.23. The Morgan fingerprint density at radius 1 is 1.14 bits per heavy atom. The van der Waals surface area contributed by atoms with Gasteiger partial charge in [0.15, 0.2) is 5.16 Å². The van der Waals surface area contributed by atoms with E-state index in [-0.39, 0.29) is 11.7 Å². The van der Waals surface area contributed by atoms with Crippen molar-refractivity contribution in [2.75, 3.05) is 18.3 Å². The molecule has 8 nitrogen and oxygen atoms in total. The van der Waals surface area contributed by atoms with Gasteiger partial charge in [0, 0.05) is 5.69 Å². The summed E-state index contributed by atoms with van der Waals surface area (Å²) >= 11 is 1.32. The number of imidazole rings is 1. The van der Waals surface area contributed by atoms with Gasteiger partial charge in [0.25, 0.3) is 0 Å². The number of fused-ring (bicyclic) bond motifs is 1. The lowest BCUT2D eigenvalue weighted by molar-refractivity contribution is -0.114. The maximum Gasteiger partial charge on any atom is 0.249 e. The molecule has 0 saturated carbocycles. The number of benzene rings is 2. The second-order valence-electron chi connectivity index (χ2n) is 5.99. The molecule has 2 aromatic heterocycles. The lowest BCUT2D eigenvalue weighted by Gasteiger charge is -2.10. The molecule has 142 valence electrons. The third kappa shape index (κ3) is 3.56. The van der Waals surface area contributed by atoms with Gasteiger partial charge in [-0.25, -0.2) is 9.66 Å². The van der Waals surface area contributed by atoms with Crippen molar-refractivity contribution in [2.45, 2.75) is 12.1 Å². The van der Waals surface area contributed by atoms with Crippen LogP contribution in [0.5, 0.6) is 5.75 Å². The van der Waals surface area contributed by atoms with Gasteiger partial charge in [-0.3, -0.25) is 14.8 Å². The number of para-hydroxylation sites is 2. The molecule has 28 heavy (non-hydrogen) atoms. The van der Waals surface area contributed by atoms with Crippen LogP contribution in [-0.2, 0) is 4.79 Å². The molecule has 0 spiro atoms. The molecule has 2 heterocycles. The van der Waals surface area contributed by atoms with E-state index in [1.54, 1.807) is 18.1 Å². The van der Waals surface area contributed by atoms with Crippen LogP contribution in [-0.4, -0.2) is 43.2 Å². The van der Waals surface area contributed by atoms with Crippen LogP contribution in [0.1, 0.15) is 5.82 Å². The lowest BCUT2D eigenvalue weighted by Crippen LogP contribution is -2.23. The van der Waals surface area contributed by atoms with Crippen LogP contribution in [0.3, 0.4) is 0 Å². The maximum atomic E-state index is 12.4. The van der Waals surface area contributed by atoms with Crippen LogP contribution < -0.4 is 10.2 Å². The predicted octanol–water partition coefficient (Wildman–Crippen LogP) is 2.80. The molecular weight excluding hydrogens is 376 g/mol. The fourth-order valence-corrected chi connectivity index (χ4v) is 3.60. The van der Waals surface area contributed by atoms with E-state index in [0.717, 1.165) is 28.3 Å². The molecule has 1 amide bonds. The zero-order valence-electron chi connectivity index (χ0n) is 15.4. The van der Waals surface area contributed by atoms with Crippen molar-refractivity contribution in [2.24, 2.45) is 0 Å². The Kier molecular flexibility index (Phi) is 4.98. The molecule has 2 aromatic carbocycles. The van der Waals surface area contributed by atoms with Crippen molar-refractivity contribution in [3.05, 3.63) is 60.7 Å². The number of aromatic nitrogens is 5. The lowest BCUT2D eigenvalue weighted by atomic mass is 10.3. The van der Waals surface area contributed by atoms with Gasteiger partial charge in [-0.05, 0) is 43.3 Å². The van der Waals surface area contributed by atoms with Crippen molar-refractivity contribution >= 4 is 28.7 Å². The van der Waals surface area contributed by atoms with E-state index in [1.807, 2.05) is 60.0 Å². The molecule has 0 radical (unpaired) electrons. The Morgan fingerprint density at radius 3 is 2.71 bits per heavy atom. The van der Waals surface area contributed by atoms with Crippen LogP contribution in [0.25, 0.3) is 16.7 Å². The number of ether oxygens (including phenoxy) is 1. The molecule has 0 bridgehead atoms. The van der Waals surface area contributed by atoms with E-state index in [9.17, 15) is 4.79 Å². The zero-order valence-corrected chi connectivity index (χ0v) is 16.2. The van der Waals surface area contributed by atoms with Crippen molar-refractivity contribution in [3.8, 4) is 11.4 Å². The van der Waals surface area contributed by atoms with E-state index in [4.69, 9.17) is 4.74 Å². The number of nitrogens with zero attached hydrogens (tertiary/aromatic N) is 5. The summed E-state index contributed by atoms with van der Waals surface area (Å²) in [7, 11) is 1.63. The number of carbonyl (C=O) groups is 1. The minimum absolute atomic E-state index is 0.157. The first kappa shape index (κ1) is 18.1. The van der Waals surface area contributed by atoms with E-state index < -0.39 is 0 Å². The summed E-state index contributed by atoms with van der Waals surface area (Å²) in [6.07, 6.45) is 1.59. The van der Waals surface area contributed by atoms with Crippen LogP contribution >= 0.6 is 11.8 Å². The molecular formula is C19H18N6O2S. The minimum atomic E-state index is -0.157. The Morgan fingerprint density at radius 2 is 1.93 bits per heavy atom. The van der Waals surface area contributed by atoms with Gasteiger partial charge < -0.3 is 4.74 Å². The first-order valence-corrected chi connectivity index (χ1v) is 9.55. The van der Waals surface area contributed by atoms with Gasteiger partial charge in [-0.1, -0.05) is 23.9 Å². The number of aryl methyl sites for hydroxylation is 1. The van der Waals surface area contributed by atoms with E-state index in [0.29, 0.717) is 5.16 Å². The van der Waals surface area contributed by atoms with Gasteiger partial charge in [0.05, 0.1) is 23.9 Å². The summed E-state index contributed by atoms with van der Waals surface area (Å²) in [6.45, 7) is 1.87. The number of methoxy groups -OCH3 is 1. The highest BCUT2D eigenvalue weighted by Gasteiger charge is 2.14. The average molecular weight is 394 g/mol. The number of carbonyl (C=O) groups excluding carboxylic acids is 1. The third-order valence-corrected chi connectivity index (χ3v) is 5.09. The quantitative estimate of drug-likeness (QED) is 0.506. The van der Waals surface area contributed by atoms with E-state index in [2.05, 4.69) is 20.6 Å². The smallest absolute Gasteiger partial charge is 0.249 e. The Hall–Kier alpha value is -3.33. The van der Waals surface area contributed by atoms with Crippen molar-refractivity contribution in [1.82, 2.24) is 24.4 Å². The van der Waals surface area contributed by atoms with Gasteiger partial charge >= 0.3 is 0 Å². The number of thioether (sulfide) groups is 1. The van der Waals surface area contributed by atoms with Gasteiger partial charge in [-0.2, -0.15) is 0 Å². The first-order chi connectivity index (χ1) is 13.7. The first-order valence-electron chi connectivity index (χ1n) is 8.57. The second-order valence-corrected chi connectivity index (χ2v) is 6.93. The monoisotopic (exact) mass is 394 g/mol. The number of hydrogen-bond acceptors (Lipinski definition) is 6. The van der Waals surface area contributed by atoms with Crippen molar-refractivity contribution < 1.29 is 9.53 Å². The number of rotatable bonds is 6. The molecule has 4 rings (SSSR count). The fourth-order valence-electron chi connectivity index (χ4n) is 2.81. The minimum Gasteiger partial charge on any atom is -0.497 e. The fraction of sp³-hybridized carbons (Fsp3) is 0.158. The summed E-state index contributed by atoms with van der Waals surface area (Å²) in [4.78, 5) is 16.7. The zero-order chi connectivity index (χ0) is 19.5. The summed E-state index contributed by atoms with van der Waals surface area (Å²) in [5.74, 6) is 1.56. The Balaban J connectivity index is 1.47. The summed E-state index contributed by atoms with van der Waals surface area (Å²) < 4.78 is 8.73. The van der Waals surface area contributed by atoms with Crippen LogP contribution in [0.4, 0.5) is 0 Å². The number of hydrogen-bond donors (Lipinski definition) is 1. The van der Waals surface area contributed by atoms with Crippen LogP contribution in [0, 0.1) is 6.92 Å². The second kappa shape index (κ2) is 7.73. The molecule has 0 aliphatic carbocycles. The van der Waals surface area contributed by atoms with Gasteiger partial charge in [0.1, 0.15) is 17.9 Å². The largest absolute Gasteiger partial charge is 0.497 e. The standard InChI is InChI=1S/C19H18N6O2S/c1-13-21-22-19(25(13)14-7-9-15(27-2)10-8-14)28-11-18(26)23-24-12-20-16-5-3-4-6-17(16)24/h3-10,12H,11H2,1-2H3,(H,23,26). The van der Waals surface area contributed by atoms with Gasteiger partial charge in [-0.15, -0.1) is 10.2 Å². The van der Waals surface area contributed by atoms with E-state index in [1.165, 1.54) is 11.8 Å². The molecule has 9 heteroatoms. The van der Waals surface area contributed by atoms with Crippen LogP contribution in [0.15, 0.2) is 60.0 Å². The number of nitrogens with one attached hydrogen (secondary N) is 1. The predicted molar refractivity (Wildman–Crippen MR) is 107 cm³/mol. The maximum absolute atomic E-state index is 12.4. The number of amides is 1. The topological polar surface area (TPSA) is 86.9 Å². The molecule has 1 N–H and O–H groups in total. The molecule has 0 fully saturated rings. The van der Waals surface area contributed by atoms with Crippen molar-refractivity contribution in [1.29, 1.82) is 0 Å². The summed E-state index contributed by atoms with van der Waals surface area (Å²) in [6, 6.07) is 15.2. The molecule has 0 unspecified atom stereocenters. The van der Waals surface area contributed by atoms with Crippen LogP contribution in [0.2, 0.25) is 0 Å². The average Bonchev–Trinajstić information content (AvgIpc) is 3.30. The highest BCUT2D eigenvalue weighted by molar-refractivity contribution is 7.99. The summed E-state index contributed by atoms with van der Waals surface area (Å²) in [5.41, 5.74) is 5.42. The van der Waals surface area contributed by atoms with E-state index >= 15 is 0 Å². The third-order valence-electron chi connectivity index (χ3n) is 4.16. The molecule has 0 aliphatic rings. The Bertz CT molecular complexity index is 1120. The normalized spacial score (nSPS) is 10.9. The molecule has 0 aliphatic heterocycles. The van der Waals surface area contributed by atoms with Gasteiger partial charge in [0.2, 0.25) is 5.91 Å². The Labute approximate surface area is 165 Å². The highest BCUT2D eigenvalue weighted by atomic mass is 32.2. The molecule has 4 aromatic rings. The van der Waals surface area contributed by atoms with Crippen molar-refractivity contribution in [3.63, 3.8) is 0 Å².